The molecule has 0 aliphatic heterocycles. The van der Waals surface area contributed by atoms with Crippen LogP contribution in [0.15, 0.2) is 60.7 Å². The van der Waals surface area contributed by atoms with Crippen molar-refractivity contribution in [2.75, 3.05) is 11.9 Å². The molecular weight excluding hydrogens is 348 g/mol. The van der Waals surface area contributed by atoms with Gasteiger partial charge in [0, 0.05) is 25.3 Å². The molecule has 0 spiro atoms. The molecule has 0 fully saturated rings. The number of aryl methyl sites for hydroxylation is 2. The number of carbonyl (C=O) groups excluding carboxylic acids is 1. The van der Waals surface area contributed by atoms with Crippen LogP contribution in [-0.2, 0) is 13.1 Å². The third-order valence-corrected chi connectivity index (χ3v) is 4.66. The number of rotatable bonds is 7. The smallest absolute Gasteiger partial charge is 0.272 e. The van der Waals surface area contributed by atoms with Gasteiger partial charge in [0.25, 0.3) is 5.91 Å². The summed E-state index contributed by atoms with van der Waals surface area (Å²) in [6.45, 7) is 7.72. The Kier molecular flexibility index (Phi) is 6.37. The first-order valence-corrected chi connectivity index (χ1v) is 9.54. The molecule has 3 aromatic rings. The second-order valence-electron chi connectivity index (χ2n) is 6.80. The lowest BCUT2D eigenvalue weighted by molar-refractivity contribution is 0.0746. The van der Waals surface area contributed by atoms with E-state index in [1.54, 1.807) is 11.0 Å². The van der Waals surface area contributed by atoms with Crippen LogP contribution < -0.4 is 5.32 Å². The summed E-state index contributed by atoms with van der Waals surface area (Å²) in [5.74, 6) is 0.387. The highest BCUT2D eigenvalue weighted by atomic mass is 16.2. The molecule has 0 bridgehead atoms. The van der Waals surface area contributed by atoms with Gasteiger partial charge in [-0.05, 0) is 43.5 Å². The van der Waals surface area contributed by atoms with Crippen molar-refractivity contribution in [1.29, 1.82) is 0 Å². The highest BCUT2D eigenvalue weighted by Crippen LogP contribution is 2.13. The average molecular weight is 374 g/mol. The number of anilines is 1. The van der Waals surface area contributed by atoms with Crippen molar-refractivity contribution in [2.24, 2.45) is 0 Å². The number of amides is 1. The Morgan fingerprint density at radius 3 is 2.43 bits per heavy atom. The number of nitrogens with one attached hydrogen (secondary N) is 1. The minimum Gasteiger partial charge on any atom is -0.350 e. The summed E-state index contributed by atoms with van der Waals surface area (Å²) < 4.78 is 0. The largest absolute Gasteiger partial charge is 0.350 e. The van der Waals surface area contributed by atoms with Gasteiger partial charge in [0.05, 0.1) is 0 Å². The SMILES string of the molecule is CCN(Cc1ccccc1)C(=O)c1cc(C)nc(NCc2ccccc2C)n1. The summed E-state index contributed by atoms with van der Waals surface area (Å²) in [6, 6.07) is 19.9. The van der Waals surface area contributed by atoms with E-state index < -0.39 is 0 Å². The number of hydrogen-bond donors (Lipinski definition) is 1. The topological polar surface area (TPSA) is 58.1 Å². The molecule has 144 valence electrons. The first-order valence-electron chi connectivity index (χ1n) is 9.54. The van der Waals surface area contributed by atoms with Gasteiger partial charge in [0.1, 0.15) is 5.69 Å². The number of hydrogen-bond acceptors (Lipinski definition) is 4. The molecule has 3 rings (SSSR count). The van der Waals surface area contributed by atoms with Crippen LogP contribution in [0.1, 0.15) is 39.8 Å². The Labute approximate surface area is 166 Å². The minimum absolute atomic E-state index is 0.0872. The Bertz CT molecular complexity index is 940. The van der Waals surface area contributed by atoms with Gasteiger partial charge in [0.2, 0.25) is 5.95 Å². The van der Waals surface area contributed by atoms with Crippen molar-refractivity contribution in [3.8, 4) is 0 Å². The van der Waals surface area contributed by atoms with Gasteiger partial charge in [0.15, 0.2) is 0 Å². The third kappa shape index (κ3) is 4.94. The third-order valence-electron chi connectivity index (χ3n) is 4.66. The predicted octanol–water partition coefficient (Wildman–Crippen LogP) is 4.37. The highest BCUT2D eigenvalue weighted by molar-refractivity contribution is 5.92. The van der Waals surface area contributed by atoms with Crippen LogP contribution in [0.25, 0.3) is 0 Å². The Hall–Kier alpha value is -3.21. The lowest BCUT2D eigenvalue weighted by Gasteiger charge is -2.21. The van der Waals surface area contributed by atoms with Gasteiger partial charge in [-0.3, -0.25) is 4.79 Å². The van der Waals surface area contributed by atoms with Crippen LogP contribution in [0.4, 0.5) is 5.95 Å². The summed E-state index contributed by atoms with van der Waals surface area (Å²) in [5.41, 5.74) is 4.67. The zero-order valence-electron chi connectivity index (χ0n) is 16.6. The van der Waals surface area contributed by atoms with Gasteiger partial charge in [-0.15, -0.1) is 0 Å². The maximum Gasteiger partial charge on any atom is 0.272 e. The van der Waals surface area contributed by atoms with Crippen molar-refractivity contribution >= 4 is 11.9 Å². The molecule has 5 nitrogen and oxygen atoms in total. The van der Waals surface area contributed by atoms with Crippen LogP contribution >= 0.6 is 0 Å². The van der Waals surface area contributed by atoms with Crippen molar-refractivity contribution in [3.05, 3.63) is 88.7 Å². The van der Waals surface area contributed by atoms with E-state index in [1.807, 2.05) is 56.3 Å². The average Bonchev–Trinajstić information content (AvgIpc) is 2.71. The van der Waals surface area contributed by atoms with Crippen molar-refractivity contribution in [2.45, 2.75) is 33.9 Å². The van der Waals surface area contributed by atoms with Crippen molar-refractivity contribution in [1.82, 2.24) is 14.9 Å². The van der Waals surface area contributed by atoms with Gasteiger partial charge >= 0.3 is 0 Å². The van der Waals surface area contributed by atoms with E-state index in [4.69, 9.17) is 0 Å². The minimum atomic E-state index is -0.0872. The van der Waals surface area contributed by atoms with E-state index >= 15 is 0 Å². The molecule has 2 aromatic carbocycles. The Morgan fingerprint density at radius 2 is 1.71 bits per heavy atom. The number of aromatic nitrogens is 2. The molecule has 0 atom stereocenters. The first kappa shape index (κ1) is 19.5. The molecule has 0 saturated heterocycles. The molecule has 5 heteroatoms. The van der Waals surface area contributed by atoms with Crippen LogP contribution in [0.5, 0.6) is 0 Å². The van der Waals surface area contributed by atoms with Gasteiger partial charge in [-0.25, -0.2) is 9.97 Å². The Morgan fingerprint density at radius 1 is 1.00 bits per heavy atom. The fraction of sp³-hybridized carbons (Fsp3) is 0.261. The van der Waals surface area contributed by atoms with Crippen molar-refractivity contribution in [3.63, 3.8) is 0 Å². The molecule has 0 radical (unpaired) electrons. The zero-order valence-corrected chi connectivity index (χ0v) is 16.6. The standard InChI is InChI=1S/C23H26N4O/c1-4-27(16-19-11-6-5-7-12-19)22(28)21-14-18(3)25-23(26-21)24-15-20-13-9-8-10-17(20)2/h5-14H,4,15-16H2,1-3H3,(H,24,25,26). The van der Waals surface area contributed by atoms with Gasteiger partial charge in [-0.1, -0.05) is 54.6 Å². The number of carbonyl (C=O) groups is 1. The lowest BCUT2D eigenvalue weighted by Crippen LogP contribution is -2.31. The van der Waals surface area contributed by atoms with Gasteiger partial charge < -0.3 is 10.2 Å². The monoisotopic (exact) mass is 374 g/mol. The lowest BCUT2D eigenvalue weighted by atomic mass is 10.1. The molecule has 0 aliphatic carbocycles. The van der Waals surface area contributed by atoms with E-state index in [-0.39, 0.29) is 5.91 Å². The van der Waals surface area contributed by atoms with E-state index in [0.29, 0.717) is 31.3 Å². The summed E-state index contributed by atoms with van der Waals surface area (Å²) >= 11 is 0. The summed E-state index contributed by atoms with van der Waals surface area (Å²) in [4.78, 5) is 23.7. The second-order valence-corrected chi connectivity index (χ2v) is 6.80. The van der Waals surface area contributed by atoms with Crippen LogP contribution in [-0.4, -0.2) is 27.3 Å². The zero-order chi connectivity index (χ0) is 19.9. The maximum absolute atomic E-state index is 13.0. The summed E-state index contributed by atoms with van der Waals surface area (Å²) in [6.07, 6.45) is 0. The molecular formula is C23H26N4O. The van der Waals surface area contributed by atoms with E-state index in [1.165, 1.54) is 11.1 Å². The van der Waals surface area contributed by atoms with E-state index in [9.17, 15) is 4.79 Å². The molecule has 1 N–H and O–H groups in total. The predicted molar refractivity (Wildman–Crippen MR) is 112 cm³/mol. The molecule has 28 heavy (non-hydrogen) atoms. The van der Waals surface area contributed by atoms with Crippen LogP contribution in [0.2, 0.25) is 0 Å². The summed E-state index contributed by atoms with van der Waals surface area (Å²) in [7, 11) is 0. The van der Waals surface area contributed by atoms with Gasteiger partial charge in [-0.2, -0.15) is 0 Å². The molecule has 1 amide bonds. The van der Waals surface area contributed by atoms with E-state index in [2.05, 4.69) is 34.3 Å². The normalized spacial score (nSPS) is 10.5. The fourth-order valence-corrected chi connectivity index (χ4v) is 3.03. The van der Waals surface area contributed by atoms with Crippen LogP contribution in [0.3, 0.4) is 0 Å². The van der Waals surface area contributed by atoms with Crippen LogP contribution in [0, 0.1) is 13.8 Å². The first-order chi connectivity index (χ1) is 13.6. The maximum atomic E-state index is 13.0. The molecule has 1 heterocycles. The number of benzene rings is 2. The van der Waals surface area contributed by atoms with Crippen molar-refractivity contribution < 1.29 is 4.79 Å². The quantitative estimate of drug-likeness (QED) is 0.667. The Balaban J connectivity index is 1.75. The number of nitrogens with zero attached hydrogens (tertiary/aromatic N) is 3. The van der Waals surface area contributed by atoms with E-state index in [0.717, 1.165) is 11.3 Å². The summed E-state index contributed by atoms with van der Waals surface area (Å²) in [5, 5.41) is 3.25. The molecule has 0 unspecified atom stereocenters. The second kappa shape index (κ2) is 9.13. The molecule has 1 aromatic heterocycles. The molecule has 0 saturated carbocycles. The molecule has 0 aliphatic rings. The highest BCUT2D eigenvalue weighted by Gasteiger charge is 2.17. The fourth-order valence-electron chi connectivity index (χ4n) is 3.03.